The van der Waals surface area contributed by atoms with E-state index in [0.29, 0.717) is 5.92 Å². The Morgan fingerprint density at radius 2 is 1.69 bits per heavy atom. The minimum absolute atomic E-state index is 0.0589. The van der Waals surface area contributed by atoms with Crippen molar-refractivity contribution in [2.45, 2.75) is 58.9 Å². The highest BCUT2D eigenvalue weighted by molar-refractivity contribution is 7.55. The van der Waals surface area contributed by atoms with Gasteiger partial charge in [-0.25, -0.2) is 0 Å². The van der Waals surface area contributed by atoms with Gasteiger partial charge in [0.25, 0.3) is 0 Å². The van der Waals surface area contributed by atoms with Crippen LogP contribution in [-0.2, 0) is 13.6 Å². The summed E-state index contributed by atoms with van der Waals surface area (Å²) in [6.45, 7) is 9.55. The molecule has 0 saturated heterocycles. The Morgan fingerprint density at radius 3 is 2.06 bits per heavy atom. The first-order valence-electron chi connectivity index (χ1n) is 5.98. The zero-order valence-electron chi connectivity index (χ0n) is 10.8. The van der Waals surface area contributed by atoms with Crippen LogP contribution in [0.15, 0.2) is 12.2 Å². The fourth-order valence-corrected chi connectivity index (χ4v) is 4.39. The Morgan fingerprint density at radius 1 is 1.19 bits per heavy atom. The molecule has 1 aliphatic rings. The molecule has 1 saturated carbocycles. The molecule has 1 aliphatic carbocycles. The van der Waals surface area contributed by atoms with Gasteiger partial charge < -0.3 is 9.05 Å². The van der Waals surface area contributed by atoms with E-state index in [0.717, 1.165) is 6.42 Å². The van der Waals surface area contributed by atoms with Gasteiger partial charge >= 0.3 is 7.60 Å². The van der Waals surface area contributed by atoms with Gasteiger partial charge in [-0.2, -0.15) is 0 Å². The molecule has 0 heterocycles. The van der Waals surface area contributed by atoms with E-state index >= 15 is 0 Å². The Balaban J connectivity index is 2.69. The van der Waals surface area contributed by atoms with Crippen LogP contribution in [0.25, 0.3) is 0 Å². The maximum atomic E-state index is 12.6. The minimum Gasteiger partial charge on any atom is -0.306 e. The zero-order chi connectivity index (χ0) is 12.3. The summed E-state index contributed by atoms with van der Waals surface area (Å²) < 4.78 is 23.7. The molecule has 1 fully saturated rings. The van der Waals surface area contributed by atoms with Crippen molar-refractivity contribution in [3.05, 3.63) is 12.2 Å². The van der Waals surface area contributed by atoms with Crippen molar-refractivity contribution in [2.75, 3.05) is 0 Å². The minimum atomic E-state index is -2.93. The number of hydrogen-bond acceptors (Lipinski definition) is 3. The Hall–Kier alpha value is -0.110. The topological polar surface area (TPSA) is 35.5 Å². The highest BCUT2D eigenvalue weighted by Crippen LogP contribution is 2.66. The summed E-state index contributed by atoms with van der Waals surface area (Å²) >= 11 is 0. The van der Waals surface area contributed by atoms with Crippen molar-refractivity contribution in [3.8, 4) is 0 Å². The number of allylic oxidation sites excluding steroid dienone is 2. The standard InChI is InChI=1S/C12H23O3P/c1-6-7-11-8-12(11)16(13,14-9(2)3)15-10(4)5/h6-7,9-12H,8H2,1-5H3/b7-6+/t11-,12?/m1/s1. The quantitative estimate of drug-likeness (QED) is 0.525. The fourth-order valence-electron chi connectivity index (χ4n) is 1.79. The lowest BCUT2D eigenvalue weighted by atomic mass is 10.4. The van der Waals surface area contributed by atoms with Crippen molar-refractivity contribution in [2.24, 2.45) is 5.92 Å². The van der Waals surface area contributed by atoms with Gasteiger partial charge in [0.1, 0.15) is 0 Å². The maximum absolute atomic E-state index is 12.6. The molecule has 3 nitrogen and oxygen atoms in total. The van der Waals surface area contributed by atoms with Crippen LogP contribution in [0.2, 0.25) is 0 Å². The first kappa shape index (κ1) is 14.0. The van der Waals surface area contributed by atoms with Gasteiger partial charge in [-0.05, 0) is 47.0 Å². The Kier molecular flexibility index (Phi) is 4.78. The van der Waals surface area contributed by atoms with Crippen LogP contribution in [0.1, 0.15) is 41.0 Å². The van der Waals surface area contributed by atoms with E-state index in [2.05, 4.69) is 6.08 Å². The highest BCUT2D eigenvalue weighted by Gasteiger charge is 2.52. The van der Waals surface area contributed by atoms with Gasteiger partial charge in [-0.15, -0.1) is 0 Å². The predicted molar refractivity (Wildman–Crippen MR) is 66.8 cm³/mol. The smallest absolute Gasteiger partial charge is 0.306 e. The predicted octanol–water partition coefficient (Wildman–Crippen LogP) is 3.99. The third kappa shape index (κ3) is 3.73. The van der Waals surface area contributed by atoms with Gasteiger partial charge in [-0.1, -0.05) is 12.2 Å². The second-order valence-corrected chi connectivity index (χ2v) is 7.01. The summed E-state index contributed by atoms with van der Waals surface area (Å²) in [7, 11) is -2.93. The van der Waals surface area contributed by atoms with Gasteiger partial charge in [0, 0.05) is 0 Å². The van der Waals surface area contributed by atoms with Crippen LogP contribution in [0, 0.1) is 5.92 Å². The molecule has 0 aliphatic heterocycles. The molecule has 0 aromatic rings. The van der Waals surface area contributed by atoms with Crippen molar-refractivity contribution in [1.82, 2.24) is 0 Å². The second kappa shape index (κ2) is 5.48. The van der Waals surface area contributed by atoms with E-state index in [1.54, 1.807) is 0 Å². The zero-order valence-corrected chi connectivity index (χ0v) is 11.7. The van der Waals surface area contributed by atoms with Gasteiger partial charge in [-0.3, -0.25) is 4.57 Å². The molecule has 0 radical (unpaired) electrons. The van der Waals surface area contributed by atoms with E-state index in [-0.39, 0.29) is 17.9 Å². The molecule has 2 atom stereocenters. The first-order valence-corrected chi connectivity index (χ1v) is 7.59. The second-order valence-electron chi connectivity index (χ2n) is 4.84. The lowest BCUT2D eigenvalue weighted by Crippen LogP contribution is -2.11. The summed E-state index contributed by atoms with van der Waals surface area (Å²) in [5.74, 6) is 0.369. The van der Waals surface area contributed by atoms with Crippen LogP contribution in [0.5, 0.6) is 0 Å². The van der Waals surface area contributed by atoms with Crippen LogP contribution in [0.4, 0.5) is 0 Å². The van der Waals surface area contributed by atoms with Crippen molar-refractivity contribution in [1.29, 1.82) is 0 Å². The molecule has 4 heteroatoms. The van der Waals surface area contributed by atoms with E-state index in [4.69, 9.17) is 9.05 Å². The summed E-state index contributed by atoms with van der Waals surface area (Å²) in [5.41, 5.74) is 0.0634. The fraction of sp³-hybridized carbons (Fsp3) is 0.833. The van der Waals surface area contributed by atoms with E-state index in [1.165, 1.54) is 0 Å². The molecule has 94 valence electrons. The molecule has 1 rings (SSSR count). The third-order valence-corrected chi connectivity index (χ3v) is 5.20. The van der Waals surface area contributed by atoms with Crippen LogP contribution >= 0.6 is 7.60 Å². The number of rotatable bonds is 6. The molecule has 0 N–H and O–H groups in total. The summed E-state index contributed by atoms with van der Waals surface area (Å²) in [4.78, 5) is 0. The van der Waals surface area contributed by atoms with Crippen molar-refractivity contribution in [3.63, 3.8) is 0 Å². The normalized spacial score (nSPS) is 25.9. The van der Waals surface area contributed by atoms with Crippen molar-refractivity contribution < 1.29 is 13.6 Å². The molecule has 0 bridgehead atoms. The lowest BCUT2D eigenvalue weighted by molar-refractivity contribution is 0.141. The van der Waals surface area contributed by atoms with Crippen molar-refractivity contribution >= 4 is 7.60 Å². The molecular formula is C12H23O3P. The Labute approximate surface area is 98.7 Å². The van der Waals surface area contributed by atoms with Gasteiger partial charge in [0.2, 0.25) is 0 Å². The van der Waals surface area contributed by atoms with Gasteiger partial charge in [0.15, 0.2) is 0 Å². The molecule has 0 aromatic heterocycles. The highest BCUT2D eigenvalue weighted by atomic mass is 31.2. The summed E-state index contributed by atoms with van der Waals surface area (Å²) in [5, 5.41) is 0. The molecule has 0 amide bonds. The SMILES string of the molecule is C/C=C/[C@@H]1CC1P(=O)(OC(C)C)OC(C)C. The Bertz CT molecular complexity index is 283. The third-order valence-electron chi connectivity index (χ3n) is 2.37. The molecule has 1 unspecified atom stereocenters. The van der Waals surface area contributed by atoms with E-state index < -0.39 is 7.60 Å². The monoisotopic (exact) mass is 246 g/mol. The lowest BCUT2D eigenvalue weighted by Gasteiger charge is -2.22. The van der Waals surface area contributed by atoms with E-state index in [1.807, 2.05) is 40.7 Å². The molecule has 0 spiro atoms. The van der Waals surface area contributed by atoms with Crippen LogP contribution < -0.4 is 0 Å². The average Bonchev–Trinajstić information content (AvgIpc) is 2.81. The average molecular weight is 246 g/mol. The summed E-state index contributed by atoms with van der Waals surface area (Å²) in [6, 6.07) is 0. The first-order chi connectivity index (χ1) is 7.39. The summed E-state index contributed by atoms with van der Waals surface area (Å²) in [6.07, 6.45) is 4.89. The molecular weight excluding hydrogens is 223 g/mol. The molecule has 16 heavy (non-hydrogen) atoms. The number of hydrogen-bond donors (Lipinski definition) is 0. The van der Waals surface area contributed by atoms with Crippen LogP contribution in [-0.4, -0.2) is 17.9 Å². The van der Waals surface area contributed by atoms with Gasteiger partial charge in [0.05, 0.1) is 17.9 Å². The van der Waals surface area contributed by atoms with Crippen LogP contribution in [0.3, 0.4) is 0 Å². The van der Waals surface area contributed by atoms with E-state index in [9.17, 15) is 4.57 Å². The molecule has 0 aromatic carbocycles. The largest absolute Gasteiger partial charge is 0.334 e. The maximum Gasteiger partial charge on any atom is 0.334 e.